The van der Waals surface area contributed by atoms with Crippen LogP contribution in [-0.4, -0.2) is 32.6 Å². The van der Waals surface area contributed by atoms with Gasteiger partial charge in [-0.15, -0.1) is 0 Å². The lowest BCUT2D eigenvalue weighted by molar-refractivity contribution is -0.119. The molecule has 140 valence electrons. The van der Waals surface area contributed by atoms with Crippen LogP contribution < -0.4 is 19.7 Å². The standard InChI is InChI=1S/C21H22N2O4/c1-26-17-7-6-16(12-18(17)27-2)22-21(25)15-10-13-4-3-9-23-19(24)8-5-14(11-15)20(13)23/h6-7,10-12H,3-5,8-9H2,1-2H3,(H,22,25). The molecule has 0 saturated carbocycles. The van der Waals surface area contributed by atoms with Crippen molar-refractivity contribution >= 4 is 23.2 Å². The average Bonchev–Trinajstić information content (AvgIpc) is 2.70. The normalized spacial score (nSPS) is 15.2. The van der Waals surface area contributed by atoms with E-state index in [0.717, 1.165) is 36.2 Å². The fourth-order valence-corrected chi connectivity index (χ4v) is 3.90. The van der Waals surface area contributed by atoms with E-state index in [-0.39, 0.29) is 11.8 Å². The third-order valence-corrected chi connectivity index (χ3v) is 5.18. The molecule has 0 bridgehead atoms. The van der Waals surface area contributed by atoms with Gasteiger partial charge in [0.15, 0.2) is 11.5 Å². The Bertz CT molecular complexity index is 905. The fraction of sp³-hybridized carbons (Fsp3) is 0.333. The topological polar surface area (TPSA) is 67.9 Å². The number of aryl methyl sites for hydroxylation is 2. The third-order valence-electron chi connectivity index (χ3n) is 5.18. The van der Waals surface area contributed by atoms with Gasteiger partial charge in [0, 0.05) is 30.3 Å². The molecular formula is C21H22N2O4. The number of carbonyl (C=O) groups excluding carboxylic acids is 2. The van der Waals surface area contributed by atoms with Gasteiger partial charge in [-0.05, 0) is 54.7 Å². The van der Waals surface area contributed by atoms with Gasteiger partial charge < -0.3 is 19.7 Å². The van der Waals surface area contributed by atoms with Gasteiger partial charge >= 0.3 is 0 Å². The second kappa shape index (κ2) is 6.95. The summed E-state index contributed by atoms with van der Waals surface area (Å²) >= 11 is 0. The van der Waals surface area contributed by atoms with Crippen molar-refractivity contribution in [2.24, 2.45) is 0 Å². The molecule has 2 heterocycles. The van der Waals surface area contributed by atoms with Crippen molar-refractivity contribution in [3.05, 3.63) is 47.0 Å². The van der Waals surface area contributed by atoms with Crippen LogP contribution in [0.3, 0.4) is 0 Å². The highest BCUT2D eigenvalue weighted by Crippen LogP contribution is 2.37. The quantitative estimate of drug-likeness (QED) is 0.902. The van der Waals surface area contributed by atoms with Crippen molar-refractivity contribution < 1.29 is 19.1 Å². The van der Waals surface area contributed by atoms with Crippen LogP contribution in [0.15, 0.2) is 30.3 Å². The molecule has 0 radical (unpaired) electrons. The lowest BCUT2D eigenvalue weighted by Crippen LogP contribution is -2.39. The van der Waals surface area contributed by atoms with Crippen LogP contribution in [0.1, 0.15) is 34.3 Å². The predicted octanol–water partition coefficient (Wildman–Crippen LogP) is 3.18. The Morgan fingerprint density at radius 3 is 2.48 bits per heavy atom. The Labute approximate surface area is 158 Å². The molecule has 0 fully saturated rings. The van der Waals surface area contributed by atoms with E-state index < -0.39 is 0 Å². The molecular weight excluding hydrogens is 344 g/mol. The Morgan fingerprint density at radius 2 is 1.74 bits per heavy atom. The molecule has 1 N–H and O–H groups in total. The highest BCUT2D eigenvalue weighted by Gasteiger charge is 2.30. The van der Waals surface area contributed by atoms with Gasteiger partial charge in [-0.3, -0.25) is 9.59 Å². The summed E-state index contributed by atoms with van der Waals surface area (Å²) in [5.74, 6) is 1.18. The molecule has 2 aliphatic rings. The van der Waals surface area contributed by atoms with E-state index in [0.29, 0.717) is 35.6 Å². The zero-order chi connectivity index (χ0) is 19.0. The molecule has 0 unspecified atom stereocenters. The highest BCUT2D eigenvalue weighted by atomic mass is 16.5. The summed E-state index contributed by atoms with van der Waals surface area (Å²) in [7, 11) is 3.13. The highest BCUT2D eigenvalue weighted by molar-refractivity contribution is 6.06. The first kappa shape index (κ1) is 17.4. The number of carbonyl (C=O) groups is 2. The third kappa shape index (κ3) is 3.12. The number of rotatable bonds is 4. The minimum Gasteiger partial charge on any atom is -0.493 e. The minimum absolute atomic E-state index is 0.171. The number of hydrogen-bond donors (Lipinski definition) is 1. The molecule has 4 rings (SSSR count). The maximum absolute atomic E-state index is 12.8. The molecule has 27 heavy (non-hydrogen) atoms. The smallest absolute Gasteiger partial charge is 0.255 e. The Morgan fingerprint density at radius 1 is 1.00 bits per heavy atom. The molecule has 0 saturated heterocycles. The van der Waals surface area contributed by atoms with Gasteiger partial charge in [-0.1, -0.05) is 0 Å². The molecule has 0 aromatic heterocycles. The maximum Gasteiger partial charge on any atom is 0.255 e. The molecule has 0 atom stereocenters. The van der Waals surface area contributed by atoms with E-state index in [1.165, 1.54) is 0 Å². The van der Waals surface area contributed by atoms with Crippen molar-refractivity contribution in [1.29, 1.82) is 0 Å². The number of nitrogens with zero attached hydrogens (tertiary/aromatic N) is 1. The Kier molecular flexibility index (Phi) is 4.48. The SMILES string of the molecule is COc1ccc(NC(=O)c2cc3c4c(c2)CCC(=O)N4CCC3)cc1OC. The molecule has 2 aromatic rings. The van der Waals surface area contributed by atoms with E-state index in [2.05, 4.69) is 5.32 Å². The van der Waals surface area contributed by atoms with Crippen LogP contribution in [0, 0.1) is 0 Å². The molecule has 2 aliphatic heterocycles. The monoisotopic (exact) mass is 366 g/mol. The summed E-state index contributed by atoms with van der Waals surface area (Å²) in [4.78, 5) is 26.9. The molecule has 0 spiro atoms. The van der Waals surface area contributed by atoms with E-state index in [4.69, 9.17) is 9.47 Å². The van der Waals surface area contributed by atoms with Gasteiger partial charge in [0.25, 0.3) is 5.91 Å². The second-order valence-corrected chi connectivity index (χ2v) is 6.82. The second-order valence-electron chi connectivity index (χ2n) is 6.82. The number of methoxy groups -OCH3 is 2. The van der Waals surface area contributed by atoms with E-state index in [1.54, 1.807) is 32.4 Å². The fourth-order valence-electron chi connectivity index (χ4n) is 3.90. The number of benzene rings is 2. The number of ether oxygens (including phenoxy) is 2. The van der Waals surface area contributed by atoms with Gasteiger partial charge in [-0.25, -0.2) is 0 Å². The number of anilines is 2. The Balaban J connectivity index is 1.63. The lowest BCUT2D eigenvalue weighted by Gasteiger charge is -2.35. The Hall–Kier alpha value is -3.02. The van der Waals surface area contributed by atoms with Crippen LogP contribution >= 0.6 is 0 Å². The summed E-state index contributed by atoms with van der Waals surface area (Å²) in [5, 5.41) is 2.93. The molecule has 6 heteroatoms. The molecule has 6 nitrogen and oxygen atoms in total. The number of hydrogen-bond acceptors (Lipinski definition) is 4. The van der Waals surface area contributed by atoms with Crippen LogP contribution in [0.4, 0.5) is 11.4 Å². The first-order chi connectivity index (χ1) is 13.1. The van der Waals surface area contributed by atoms with Gasteiger partial charge in [-0.2, -0.15) is 0 Å². The number of amides is 2. The summed E-state index contributed by atoms with van der Waals surface area (Å²) in [6.45, 7) is 0.774. The summed E-state index contributed by atoms with van der Waals surface area (Å²) in [5.41, 5.74) is 4.46. The van der Waals surface area contributed by atoms with Gasteiger partial charge in [0.05, 0.1) is 19.9 Å². The average molecular weight is 366 g/mol. The van der Waals surface area contributed by atoms with E-state index >= 15 is 0 Å². The first-order valence-corrected chi connectivity index (χ1v) is 9.10. The van der Waals surface area contributed by atoms with Crippen LogP contribution in [-0.2, 0) is 17.6 Å². The zero-order valence-electron chi connectivity index (χ0n) is 15.5. The number of nitrogens with one attached hydrogen (secondary N) is 1. The molecule has 2 amide bonds. The zero-order valence-corrected chi connectivity index (χ0v) is 15.5. The van der Waals surface area contributed by atoms with Crippen LogP contribution in [0.25, 0.3) is 0 Å². The van der Waals surface area contributed by atoms with Gasteiger partial charge in [0.1, 0.15) is 0 Å². The van der Waals surface area contributed by atoms with E-state index in [1.807, 2.05) is 17.0 Å². The summed E-state index contributed by atoms with van der Waals surface area (Å²) in [6, 6.07) is 9.11. The van der Waals surface area contributed by atoms with Gasteiger partial charge in [0.2, 0.25) is 5.91 Å². The van der Waals surface area contributed by atoms with Crippen molar-refractivity contribution in [3.63, 3.8) is 0 Å². The first-order valence-electron chi connectivity index (χ1n) is 9.10. The molecule has 2 aromatic carbocycles. The van der Waals surface area contributed by atoms with Crippen molar-refractivity contribution in [1.82, 2.24) is 0 Å². The van der Waals surface area contributed by atoms with Crippen LogP contribution in [0.5, 0.6) is 11.5 Å². The maximum atomic E-state index is 12.8. The van der Waals surface area contributed by atoms with E-state index in [9.17, 15) is 9.59 Å². The minimum atomic E-state index is -0.171. The summed E-state index contributed by atoms with van der Waals surface area (Å²) in [6.07, 6.45) is 3.02. The van der Waals surface area contributed by atoms with Crippen molar-refractivity contribution in [2.45, 2.75) is 25.7 Å². The summed E-state index contributed by atoms with van der Waals surface area (Å²) < 4.78 is 10.5. The predicted molar refractivity (Wildman–Crippen MR) is 103 cm³/mol. The molecule has 0 aliphatic carbocycles. The largest absolute Gasteiger partial charge is 0.493 e. The van der Waals surface area contributed by atoms with Crippen molar-refractivity contribution in [3.8, 4) is 11.5 Å². The lowest BCUT2D eigenvalue weighted by atomic mass is 9.89. The van der Waals surface area contributed by atoms with Crippen molar-refractivity contribution in [2.75, 3.05) is 31.0 Å². The van der Waals surface area contributed by atoms with Crippen LogP contribution in [0.2, 0.25) is 0 Å².